The largest absolute Gasteiger partial charge is 0.328 e. The normalized spacial score (nSPS) is 15.4. The number of hydrogen-bond donors (Lipinski definition) is 1. The maximum absolute atomic E-state index is 5.70. The molecule has 1 aromatic heterocycles. The number of fused-ring (bicyclic) bond motifs is 1. The van der Waals surface area contributed by atoms with E-state index in [2.05, 4.69) is 29.7 Å². The zero-order valence-corrected chi connectivity index (χ0v) is 11.0. The van der Waals surface area contributed by atoms with Gasteiger partial charge >= 0.3 is 0 Å². The molecule has 1 heterocycles. The summed E-state index contributed by atoms with van der Waals surface area (Å²) in [7, 11) is 0. The maximum atomic E-state index is 5.70. The van der Waals surface area contributed by atoms with Crippen LogP contribution in [0.1, 0.15) is 37.6 Å². The minimum atomic E-state index is 0.592. The minimum Gasteiger partial charge on any atom is -0.328 e. The topological polar surface area (TPSA) is 43.8 Å². The van der Waals surface area contributed by atoms with Crippen LogP contribution in [0.2, 0.25) is 0 Å². The lowest BCUT2D eigenvalue weighted by molar-refractivity contribution is 0.632. The van der Waals surface area contributed by atoms with Gasteiger partial charge in [-0.05, 0) is 42.9 Å². The van der Waals surface area contributed by atoms with Crippen molar-refractivity contribution in [3.8, 4) is 0 Å². The second-order valence-corrected chi connectivity index (χ2v) is 5.35. The van der Waals surface area contributed by atoms with E-state index in [0.29, 0.717) is 6.54 Å². The fourth-order valence-electron chi connectivity index (χ4n) is 2.56. The molecule has 0 radical (unpaired) electrons. The third-order valence-corrected chi connectivity index (χ3v) is 3.74. The highest BCUT2D eigenvalue weighted by molar-refractivity contribution is 5.77. The molecule has 0 bridgehead atoms. The van der Waals surface area contributed by atoms with Gasteiger partial charge in [-0.1, -0.05) is 13.0 Å². The zero-order chi connectivity index (χ0) is 12.5. The van der Waals surface area contributed by atoms with E-state index in [1.54, 1.807) is 0 Å². The van der Waals surface area contributed by atoms with Gasteiger partial charge < -0.3 is 10.3 Å². The van der Waals surface area contributed by atoms with Gasteiger partial charge in [0.05, 0.1) is 11.0 Å². The Labute approximate surface area is 108 Å². The number of aryl methyl sites for hydroxylation is 1. The summed E-state index contributed by atoms with van der Waals surface area (Å²) in [6.07, 6.45) is 5.06. The van der Waals surface area contributed by atoms with Crippen molar-refractivity contribution in [2.24, 2.45) is 11.7 Å². The fourth-order valence-corrected chi connectivity index (χ4v) is 2.56. The lowest BCUT2D eigenvalue weighted by Gasteiger charge is -2.07. The Hall–Kier alpha value is -1.35. The van der Waals surface area contributed by atoms with E-state index in [1.165, 1.54) is 29.7 Å². The second kappa shape index (κ2) is 4.73. The Morgan fingerprint density at radius 3 is 2.89 bits per heavy atom. The number of nitrogens with two attached hydrogens (primary N) is 1. The highest BCUT2D eigenvalue weighted by Gasteiger charge is 2.24. The Balaban J connectivity index is 2.05. The fraction of sp³-hybridized carbons (Fsp3) is 0.533. The first-order valence-corrected chi connectivity index (χ1v) is 7.00. The molecular formula is C15H21N3. The molecule has 2 aromatic rings. The van der Waals surface area contributed by atoms with Gasteiger partial charge in [-0.2, -0.15) is 0 Å². The Bertz CT molecular complexity index is 552. The molecule has 2 N–H and O–H groups in total. The number of aromatic nitrogens is 2. The standard InChI is InChI=1S/C15H21N3/c1-2-7-18-14-6-5-12(10-16)8-13(14)17-15(18)9-11-3-4-11/h5-6,8,11H,2-4,7,9-10,16H2,1H3. The number of hydrogen-bond acceptors (Lipinski definition) is 2. The van der Waals surface area contributed by atoms with E-state index in [9.17, 15) is 0 Å². The monoisotopic (exact) mass is 243 g/mol. The molecule has 0 atom stereocenters. The van der Waals surface area contributed by atoms with Crippen molar-refractivity contribution in [2.45, 2.75) is 45.7 Å². The van der Waals surface area contributed by atoms with E-state index in [-0.39, 0.29) is 0 Å². The van der Waals surface area contributed by atoms with Crippen LogP contribution in [0.5, 0.6) is 0 Å². The molecule has 0 saturated heterocycles. The van der Waals surface area contributed by atoms with Crippen molar-refractivity contribution in [3.05, 3.63) is 29.6 Å². The molecule has 96 valence electrons. The number of imidazole rings is 1. The molecule has 0 unspecified atom stereocenters. The Kier molecular flexibility index (Phi) is 3.08. The third-order valence-electron chi connectivity index (χ3n) is 3.74. The predicted molar refractivity (Wildman–Crippen MR) is 74.3 cm³/mol. The molecule has 0 amide bonds. The van der Waals surface area contributed by atoms with Crippen molar-refractivity contribution in [1.29, 1.82) is 0 Å². The van der Waals surface area contributed by atoms with E-state index < -0.39 is 0 Å². The molecule has 18 heavy (non-hydrogen) atoms. The van der Waals surface area contributed by atoms with Crippen LogP contribution in [0.15, 0.2) is 18.2 Å². The van der Waals surface area contributed by atoms with Crippen LogP contribution in [-0.4, -0.2) is 9.55 Å². The zero-order valence-electron chi connectivity index (χ0n) is 11.0. The van der Waals surface area contributed by atoms with Crippen molar-refractivity contribution in [1.82, 2.24) is 9.55 Å². The first-order chi connectivity index (χ1) is 8.81. The highest BCUT2D eigenvalue weighted by atomic mass is 15.1. The van der Waals surface area contributed by atoms with Crippen LogP contribution in [0.3, 0.4) is 0 Å². The summed E-state index contributed by atoms with van der Waals surface area (Å²) in [4.78, 5) is 4.83. The van der Waals surface area contributed by atoms with Crippen molar-refractivity contribution < 1.29 is 0 Å². The molecule has 0 aliphatic heterocycles. The molecular weight excluding hydrogens is 222 g/mol. The molecule has 1 saturated carbocycles. The molecule has 0 spiro atoms. The van der Waals surface area contributed by atoms with Crippen LogP contribution in [0, 0.1) is 5.92 Å². The lowest BCUT2D eigenvalue weighted by atomic mass is 10.2. The minimum absolute atomic E-state index is 0.592. The summed E-state index contributed by atoms with van der Waals surface area (Å²) in [6.45, 7) is 3.88. The quantitative estimate of drug-likeness (QED) is 0.877. The van der Waals surface area contributed by atoms with Gasteiger partial charge in [-0.3, -0.25) is 0 Å². The SMILES string of the molecule is CCCn1c(CC2CC2)nc2cc(CN)ccc21. The predicted octanol–water partition coefficient (Wildman–Crippen LogP) is 2.86. The summed E-state index contributed by atoms with van der Waals surface area (Å²) >= 11 is 0. The van der Waals surface area contributed by atoms with E-state index >= 15 is 0 Å². The van der Waals surface area contributed by atoms with Crippen molar-refractivity contribution >= 4 is 11.0 Å². The van der Waals surface area contributed by atoms with Gasteiger partial charge in [0, 0.05) is 19.5 Å². The Morgan fingerprint density at radius 2 is 2.22 bits per heavy atom. The van der Waals surface area contributed by atoms with Crippen molar-refractivity contribution in [3.63, 3.8) is 0 Å². The van der Waals surface area contributed by atoms with Gasteiger partial charge in [0.15, 0.2) is 0 Å². The molecule has 1 aromatic carbocycles. The number of nitrogens with zero attached hydrogens (tertiary/aromatic N) is 2. The van der Waals surface area contributed by atoms with Crippen LogP contribution in [-0.2, 0) is 19.5 Å². The summed E-state index contributed by atoms with van der Waals surface area (Å²) in [5, 5.41) is 0. The van der Waals surface area contributed by atoms with Gasteiger partial charge in [0.2, 0.25) is 0 Å². The van der Waals surface area contributed by atoms with Gasteiger partial charge in [-0.25, -0.2) is 4.98 Å². The summed E-state index contributed by atoms with van der Waals surface area (Å²) in [5.41, 5.74) is 9.25. The number of benzene rings is 1. The molecule has 1 aliphatic rings. The van der Waals surface area contributed by atoms with Crippen LogP contribution >= 0.6 is 0 Å². The van der Waals surface area contributed by atoms with Crippen molar-refractivity contribution in [2.75, 3.05) is 0 Å². The third kappa shape index (κ3) is 2.15. The molecule has 1 aliphatic carbocycles. The first-order valence-electron chi connectivity index (χ1n) is 7.00. The lowest BCUT2D eigenvalue weighted by Crippen LogP contribution is -2.04. The first kappa shape index (κ1) is 11.7. The van der Waals surface area contributed by atoms with E-state index in [1.807, 2.05) is 0 Å². The smallest absolute Gasteiger partial charge is 0.110 e. The average Bonchev–Trinajstić information content (AvgIpc) is 3.13. The Morgan fingerprint density at radius 1 is 1.39 bits per heavy atom. The molecule has 3 nitrogen and oxygen atoms in total. The molecule has 3 rings (SSSR count). The number of rotatable bonds is 5. The second-order valence-electron chi connectivity index (χ2n) is 5.35. The summed E-state index contributed by atoms with van der Waals surface area (Å²) in [6, 6.07) is 6.44. The summed E-state index contributed by atoms with van der Waals surface area (Å²) in [5.74, 6) is 2.15. The van der Waals surface area contributed by atoms with E-state index in [4.69, 9.17) is 10.7 Å². The average molecular weight is 243 g/mol. The molecule has 1 fully saturated rings. The van der Waals surface area contributed by atoms with Gasteiger partial charge in [-0.15, -0.1) is 0 Å². The maximum Gasteiger partial charge on any atom is 0.110 e. The van der Waals surface area contributed by atoms with Crippen LogP contribution in [0.4, 0.5) is 0 Å². The highest BCUT2D eigenvalue weighted by Crippen LogP contribution is 2.33. The molecule has 3 heteroatoms. The van der Waals surface area contributed by atoms with Gasteiger partial charge in [0.1, 0.15) is 5.82 Å². The van der Waals surface area contributed by atoms with Gasteiger partial charge in [0.25, 0.3) is 0 Å². The van der Waals surface area contributed by atoms with Crippen LogP contribution < -0.4 is 5.73 Å². The van der Waals surface area contributed by atoms with E-state index in [0.717, 1.165) is 30.8 Å². The summed E-state index contributed by atoms with van der Waals surface area (Å²) < 4.78 is 2.40. The van der Waals surface area contributed by atoms with Crippen LogP contribution in [0.25, 0.3) is 11.0 Å².